The van der Waals surface area contributed by atoms with Crippen LogP contribution in [0.2, 0.25) is 0 Å². The number of hydrogen-bond acceptors (Lipinski definition) is 5. The summed E-state index contributed by atoms with van der Waals surface area (Å²) in [5.41, 5.74) is 2.73. The maximum atomic E-state index is 11.4. The molecule has 1 aromatic heterocycles. The standard InChI is InChI=1S/C14H18N2O3S/c1-9(14-10(2)16-19-11(14)3)15-12-5-7-13(8-6-12)20(4,17)18/h5-9,15H,1-4H3. The lowest BCUT2D eigenvalue weighted by Crippen LogP contribution is -2.08. The van der Waals surface area contributed by atoms with E-state index in [9.17, 15) is 8.42 Å². The molecule has 6 heteroatoms. The largest absolute Gasteiger partial charge is 0.378 e. The second kappa shape index (κ2) is 5.28. The number of benzene rings is 1. The Morgan fingerprint density at radius 3 is 2.25 bits per heavy atom. The van der Waals surface area contributed by atoms with Crippen LogP contribution < -0.4 is 5.32 Å². The number of hydrogen-bond donors (Lipinski definition) is 1. The summed E-state index contributed by atoms with van der Waals surface area (Å²) in [6.07, 6.45) is 1.20. The highest BCUT2D eigenvalue weighted by atomic mass is 32.2. The summed E-state index contributed by atoms with van der Waals surface area (Å²) in [4.78, 5) is 0.313. The number of sulfone groups is 1. The van der Waals surface area contributed by atoms with Crippen LogP contribution in [0.1, 0.15) is 30.0 Å². The number of nitrogens with one attached hydrogen (secondary N) is 1. The van der Waals surface area contributed by atoms with Gasteiger partial charge in [0.2, 0.25) is 0 Å². The van der Waals surface area contributed by atoms with Crippen LogP contribution >= 0.6 is 0 Å². The molecule has 108 valence electrons. The first kappa shape index (κ1) is 14.6. The van der Waals surface area contributed by atoms with Gasteiger partial charge in [-0.1, -0.05) is 5.16 Å². The van der Waals surface area contributed by atoms with E-state index in [1.165, 1.54) is 6.26 Å². The molecule has 1 heterocycles. The van der Waals surface area contributed by atoms with Crippen LogP contribution in [0.25, 0.3) is 0 Å². The predicted molar refractivity (Wildman–Crippen MR) is 77.6 cm³/mol. The first-order chi connectivity index (χ1) is 9.29. The maximum Gasteiger partial charge on any atom is 0.175 e. The lowest BCUT2D eigenvalue weighted by atomic mass is 10.1. The molecule has 0 bridgehead atoms. The van der Waals surface area contributed by atoms with E-state index in [1.807, 2.05) is 20.8 Å². The number of aromatic nitrogens is 1. The van der Waals surface area contributed by atoms with Crippen LogP contribution in [-0.4, -0.2) is 19.8 Å². The van der Waals surface area contributed by atoms with Crippen molar-refractivity contribution in [1.82, 2.24) is 5.16 Å². The number of aryl methyl sites for hydroxylation is 2. The maximum absolute atomic E-state index is 11.4. The fourth-order valence-electron chi connectivity index (χ4n) is 2.23. The Morgan fingerprint density at radius 2 is 1.80 bits per heavy atom. The van der Waals surface area contributed by atoms with Gasteiger partial charge >= 0.3 is 0 Å². The summed E-state index contributed by atoms with van der Waals surface area (Å²) in [6, 6.07) is 6.73. The third kappa shape index (κ3) is 3.01. The van der Waals surface area contributed by atoms with Crippen molar-refractivity contribution < 1.29 is 12.9 Å². The fourth-order valence-corrected chi connectivity index (χ4v) is 2.86. The summed E-state index contributed by atoms with van der Waals surface area (Å²) in [5, 5.41) is 7.24. The van der Waals surface area contributed by atoms with Gasteiger partial charge in [-0.25, -0.2) is 8.42 Å². The van der Waals surface area contributed by atoms with Crippen LogP contribution in [0.5, 0.6) is 0 Å². The highest BCUT2D eigenvalue weighted by Gasteiger charge is 2.16. The molecule has 1 atom stereocenters. The van der Waals surface area contributed by atoms with E-state index in [0.29, 0.717) is 4.90 Å². The Bertz CT molecular complexity index is 683. The molecule has 20 heavy (non-hydrogen) atoms. The van der Waals surface area contributed by atoms with Crippen molar-refractivity contribution in [2.24, 2.45) is 0 Å². The van der Waals surface area contributed by atoms with E-state index in [-0.39, 0.29) is 6.04 Å². The van der Waals surface area contributed by atoms with Crippen LogP contribution in [0.3, 0.4) is 0 Å². The van der Waals surface area contributed by atoms with Gasteiger partial charge in [-0.05, 0) is 45.0 Å². The van der Waals surface area contributed by atoms with Crippen molar-refractivity contribution in [2.75, 3.05) is 11.6 Å². The van der Waals surface area contributed by atoms with Gasteiger partial charge in [0.25, 0.3) is 0 Å². The van der Waals surface area contributed by atoms with Crippen LogP contribution in [0.4, 0.5) is 5.69 Å². The van der Waals surface area contributed by atoms with Gasteiger partial charge in [0.15, 0.2) is 9.84 Å². The average molecular weight is 294 g/mol. The smallest absolute Gasteiger partial charge is 0.175 e. The third-order valence-corrected chi connectivity index (χ3v) is 4.32. The van der Waals surface area contributed by atoms with Crippen LogP contribution in [0.15, 0.2) is 33.7 Å². The van der Waals surface area contributed by atoms with Crippen molar-refractivity contribution in [3.63, 3.8) is 0 Å². The Labute approximate surface area is 118 Å². The van der Waals surface area contributed by atoms with Gasteiger partial charge in [0, 0.05) is 17.5 Å². The Kier molecular flexibility index (Phi) is 3.85. The third-order valence-electron chi connectivity index (χ3n) is 3.19. The molecular weight excluding hydrogens is 276 g/mol. The first-order valence-electron chi connectivity index (χ1n) is 6.28. The molecule has 0 aliphatic heterocycles. The highest BCUT2D eigenvalue weighted by molar-refractivity contribution is 7.90. The molecule has 0 amide bonds. The fraction of sp³-hybridized carbons (Fsp3) is 0.357. The molecule has 0 saturated carbocycles. The summed E-state index contributed by atoms with van der Waals surface area (Å²) in [7, 11) is -3.16. The molecule has 0 aliphatic carbocycles. The summed E-state index contributed by atoms with van der Waals surface area (Å²) < 4.78 is 28.0. The molecule has 1 unspecified atom stereocenters. The Hall–Kier alpha value is -1.82. The van der Waals surface area contributed by atoms with Crippen molar-refractivity contribution in [3.8, 4) is 0 Å². The summed E-state index contributed by atoms with van der Waals surface area (Å²) in [6.45, 7) is 5.79. The van der Waals surface area contributed by atoms with Gasteiger partial charge < -0.3 is 9.84 Å². The zero-order valence-corrected chi connectivity index (χ0v) is 12.8. The molecule has 2 rings (SSSR count). The van der Waals surface area contributed by atoms with Gasteiger partial charge in [-0.2, -0.15) is 0 Å². The Morgan fingerprint density at radius 1 is 1.20 bits per heavy atom. The minimum Gasteiger partial charge on any atom is -0.378 e. The van der Waals surface area contributed by atoms with E-state index in [2.05, 4.69) is 10.5 Å². The lowest BCUT2D eigenvalue weighted by Gasteiger charge is -2.15. The monoisotopic (exact) mass is 294 g/mol. The van der Waals surface area contributed by atoms with E-state index >= 15 is 0 Å². The number of nitrogens with zero attached hydrogens (tertiary/aromatic N) is 1. The molecular formula is C14H18N2O3S. The SMILES string of the molecule is Cc1noc(C)c1C(C)Nc1ccc(S(C)(=O)=O)cc1. The molecule has 1 aromatic carbocycles. The van der Waals surface area contributed by atoms with Crippen molar-refractivity contribution in [2.45, 2.75) is 31.7 Å². The molecule has 0 aliphatic rings. The van der Waals surface area contributed by atoms with Gasteiger partial charge in [-0.3, -0.25) is 0 Å². The van der Waals surface area contributed by atoms with Crippen molar-refractivity contribution >= 4 is 15.5 Å². The van der Waals surface area contributed by atoms with Crippen molar-refractivity contribution in [3.05, 3.63) is 41.3 Å². The first-order valence-corrected chi connectivity index (χ1v) is 8.17. The Balaban J connectivity index is 2.19. The average Bonchev–Trinajstić information content (AvgIpc) is 2.68. The molecule has 1 N–H and O–H groups in total. The second-order valence-corrected chi connectivity index (χ2v) is 6.92. The minimum absolute atomic E-state index is 0.0327. The number of rotatable bonds is 4. The van der Waals surface area contributed by atoms with E-state index in [0.717, 1.165) is 22.7 Å². The lowest BCUT2D eigenvalue weighted by molar-refractivity contribution is 0.392. The molecule has 0 radical (unpaired) electrons. The van der Waals surface area contributed by atoms with Crippen molar-refractivity contribution in [1.29, 1.82) is 0 Å². The topological polar surface area (TPSA) is 72.2 Å². The molecule has 5 nitrogen and oxygen atoms in total. The predicted octanol–water partition coefficient (Wildman–Crippen LogP) is 2.87. The second-order valence-electron chi connectivity index (χ2n) is 4.90. The number of anilines is 1. The normalized spacial score (nSPS) is 13.2. The summed E-state index contributed by atoms with van der Waals surface area (Å²) >= 11 is 0. The van der Waals surface area contributed by atoms with Gasteiger partial charge in [0.05, 0.1) is 16.6 Å². The van der Waals surface area contributed by atoms with E-state index < -0.39 is 9.84 Å². The van der Waals surface area contributed by atoms with Gasteiger partial charge in [0.1, 0.15) is 5.76 Å². The van der Waals surface area contributed by atoms with E-state index in [4.69, 9.17) is 4.52 Å². The highest BCUT2D eigenvalue weighted by Crippen LogP contribution is 2.25. The summed E-state index contributed by atoms with van der Waals surface area (Å²) in [5.74, 6) is 0.787. The molecule has 0 spiro atoms. The molecule has 0 fully saturated rings. The minimum atomic E-state index is -3.16. The quantitative estimate of drug-likeness (QED) is 0.938. The van der Waals surface area contributed by atoms with E-state index in [1.54, 1.807) is 24.3 Å². The molecule has 0 saturated heterocycles. The zero-order chi connectivity index (χ0) is 14.9. The van der Waals surface area contributed by atoms with Gasteiger partial charge in [-0.15, -0.1) is 0 Å². The van der Waals surface area contributed by atoms with Crippen LogP contribution in [0, 0.1) is 13.8 Å². The zero-order valence-electron chi connectivity index (χ0n) is 12.0. The molecule has 2 aromatic rings. The van der Waals surface area contributed by atoms with Crippen LogP contribution in [-0.2, 0) is 9.84 Å².